The van der Waals surface area contributed by atoms with Gasteiger partial charge in [-0.15, -0.1) is 0 Å². The molecule has 1 aliphatic rings. The summed E-state index contributed by atoms with van der Waals surface area (Å²) >= 11 is 0. The van der Waals surface area contributed by atoms with Crippen molar-refractivity contribution in [3.63, 3.8) is 0 Å². The van der Waals surface area contributed by atoms with E-state index in [4.69, 9.17) is 4.74 Å². The van der Waals surface area contributed by atoms with Crippen molar-refractivity contribution in [2.75, 3.05) is 37.5 Å². The molecule has 1 fully saturated rings. The van der Waals surface area contributed by atoms with Crippen LogP contribution in [0.25, 0.3) is 0 Å². The van der Waals surface area contributed by atoms with Crippen LogP contribution < -0.4 is 10.2 Å². The van der Waals surface area contributed by atoms with E-state index < -0.39 is 0 Å². The number of nitrogens with zero attached hydrogens (tertiary/aromatic N) is 3. The summed E-state index contributed by atoms with van der Waals surface area (Å²) in [4.78, 5) is 11.1. The van der Waals surface area contributed by atoms with E-state index in [1.54, 1.807) is 7.11 Å². The van der Waals surface area contributed by atoms with Crippen LogP contribution in [0, 0.1) is 6.92 Å². The van der Waals surface area contributed by atoms with E-state index >= 15 is 0 Å². The quantitative estimate of drug-likeness (QED) is 0.860. The number of aromatic nitrogens is 2. The van der Waals surface area contributed by atoms with Crippen molar-refractivity contribution < 1.29 is 4.74 Å². The molecule has 0 aliphatic carbocycles. The number of hydrogen-bond donors (Lipinski definition) is 1. The van der Waals surface area contributed by atoms with E-state index in [9.17, 15) is 0 Å². The topological polar surface area (TPSA) is 50.3 Å². The molecule has 0 saturated carbocycles. The first kappa shape index (κ1) is 12.1. The molecule has 5 heteroatoms. The maximum atomic E-state index is 5.37. The minimum absolute atomic E-state index is 0.401. The highest BCUT2D eigenvalue weighted by Crippen LogP contribution is 2.21. The van der Waals surface area contributed by atoms with Gasteiger partial charge in [0.15, 0.2) is 0 Å². The molecular weight excluding hydrogens is 216 g/mol. The van der Waals surface area contributed by atoms with E-state index in [1.807, 2.05) is 20.0 Å². The van der Waals surface area contributed by atoms with Crippen LogP contribution in [0.3, 0.4) is 0 Å². The summed E-state index contributed by atoms with van der Waals surface area (Å²) in [6.07, 6.45) is 2.53. The molecule has 2 rings (SSSR count). The van der Waals surface area contributed by atoms with Crippen LogP contribution in [-0.2, 0) is 4.74 Å². The largest absolute Gasteiger partial charge is 0.381 e. The molecule has 1 N–H and O–H groups in total. The fourth-order valence-corrected chi connectivity index (χ4v) is 2.16. The zero-order valence-electron chi connectivity index (χ0n) is 10.7. The summed E-state index contributed by atoms with van der Waals surface area (Å²) in [5, 5.41) is 3.06. The highest BCUT2D eigenvalue weighted by atomic mass is 16.5. The Hall–Kier alpha value is -1.36. The zero-order chi connectivity index (χ0) is 12.3. The summed E-state index contributed by atoms with van der Waals surface area (Å²) < 4.78 is 5.37. The number of ether oxygens (including phenoxy) is 1. The Morgan fingerprint density at radius 3 is 2.65 bits per heavy atom. The molecule has 1 saturated heterocycles. The van der Waals surface area contributed by atoms with Crippen molar-refractivity contribution in [2.24, 2.45) is 0 Å². The Kier molecular flexibility index (Phi) is 3.78. The maximum absolute atomic E-state index is 5.37. The lowest BCUT2D eigenvalue weighted by atomic mass is 10.1. The second-order valence-electron chi connectivity index (χ2n) is 4.33. The van der Waals surface area contributed by atoms with Gasteiger partial charge >= 0.3 is 0 Å². The molecule has 0 bridgehead atoms. The molecule has 2 heterocycles. The standard InChI is InChI=1S/C12H20N4O/c1-9-14-11(13-2)8-12(15-9)16-6-4-10(17-3)5-7-16/h8,10H,4-7H2,1-3H3,(H,13,14,15). The maximum Gasteiger partial charge on any atom is 0.134 e. The average Bonchev–Trinajstić information content (AvgIpc) is 2.38. The third-order valence-corrected chi connectivity index (χ3v) is 3.18. The molecule has 5 nitrogen and oxygen atoms in total. The summed E-state index contributed by atoms with van der Waals surface area (Å²) in [5.41, 5.74) is 0. The third kappa shape index (κ3) is 2.85. The summed E-state index contributed by atoms with van der Waals surface area (Å²) in [6.45, 7) is 3.92. The Labute approximate surface area is 102 Å². The molecule has 0 spiro atoms. The molecule has 0 unspecified atom stereocenters. The normalized spacial score (nSPS) is 17.2. The lowest BCUT2D eigenvalue weighted by molar-refractivity contribution is 0.0818. The molecule has 0 atom stereocenters. The van der Waals surface area contributed by atoms with Crippen molar-refractivity contribution >= 4 is 11.6 Å². The first-order valence-corrected chi connectivity index (χ1v) is 6.04. The number of anilines is 2. The van der Waals surface area contributed by atoms with Crippen LogP contribution in [0.15, 0.2) is 6.07 Å². The van der Waals surface area contributed by atoms with Gasteiger partial charge in [-0.05, 0) is 19.8 Å². The molecule has 0 amide bonds. The number of aryl methyl sites for hydroxylation is 1. The summed E-state index contributed by atoms with van der Waals surface area (Å²) in [7, 11) is 3.66. The molecule has 1 aromatic rings. The second-order valence-corrected chi connectivity index (χ2v) is 4.33. The van der Waals surface area contributed by atoms with Gasteiger partial charge in [-0.2, -0.15) is 0 Å². The van der Waals surface area contributed by atoms with Crippen LogP contribution in [-0.4, -0.2) is 43.3 Å². The highest BCUT2D eigenvalue weighted by molar-refractivity contribution is 5.49. The van der Waals surface area contributed by atoms with Gasteiger partial charge in [0.1, 0.15) is 17.5 Å². The van der Waals surface area contributed by atoms with Crippen molar-refractivity contribution in [3.8, 4) is 0 Å². The van der Waals surface area contributed by atoms with Crippen LogP contribution >= 0.6 is 0 Å². The summed E-state index contributed by atoms with van der Waals surface area (Å²) in [6, 6.07) is 2.00. The number of rotatable bonds is 3. The van der Waals surface area contributed by atoms with E-state index in [0.717, 1.165) is 43.4 Å². The fourth-order valence-electron chi connectivity index (χ4n) is 2.16. The van der Waals surface area contributed by atoms with Gasteiger partial charge in [-0.25, -0.2) is 9.97 Å². The molecule has 17 heavy (non-hydrogen) atoms. The lowest BCUT2D eigenvalue weighted by Crippen LogP contribution is -2.37. The van der Waals surface area contributed by atoms with Crippen LogP contribution in [0.5, 0.6) is 0 Å². The van der Waals surface area contributed by atoms with Gasteiger partial charge < -0.3 is 15.0 Å². The van der Waals surface area contributed by atoms with Gasteiger partial charge in [0.2, 0.25) is 0 Å². The first-order chi connectivity index (χ1) is 8.22. The zero-order valence-corrected chi connectivity index (χ0v) is 10.7. The molecule has 1 aliphatic heterocycles. The van der Waals surface area contributed by atoms with Crippen LogP contribution in [0.1, 0.15) is 18.7 Å². The second kappa shape index (κ2) is 5.31. The lowest BCUT2D eigenvalue weighted by Gasteiger charge is -2.32. The monoisotopic (exact) mass is 236 g/mol. The first-order valence-electron chi connectivity index (χ1n) is 6.04. The average molecular weight is 236 g/mol. The Morgan fingerprint density at radius 1 is 1.35 bits per heavy atom. The minimum atomic E-state index is 0.401. The summed E-state index contributed by atoms with van der Waals surface area (Å²) in [5.74, 6) is 2.69. The van der Waals surface area contributed by atoms with Crippen molar-refractivity contribution in [1.82, 2.24) is 9.97 Å². The SMILES string of the molecule is CNc1cc(N2CCC(OC)CC2)nc(C)n1. The van der Waals surface area contributed by atoms with Crippen molar-refractivity contribution in [2.45, 2.75) is 25.9 Å². The van der Waals surface area contributed by atoms with Crippen LogP contribution in [0.4, 0.5) is 11.6 Å². The molecule has 1 aromatic heterocycles. The van der Waals surface area contributed by atoms with Gasteiger partial charge in [-0.1, -0.05) is 0 Å². The highest BCUT2D eigenvalue weighted by Gasteiger charge is 2.20. The van der Waals surface area contributed by atoms with E-state index in [0.29, 0.717) is 6.10 Å². The van der Waals surface area contributed by atoms with Gasteiger partial charge in [-0.3, -0.25) is 0 Å². The van der Waals surface area contributed by atoms with Crippen LogP contribution in [0.2, 0.25) is 0 Å². The van der Waals surface area contributed by atoms with Crippen molar-refractivity contribution in [1.29, 1.82) is 0 Å². The molecular formula is C12H20N4O. The number of hydrogen-bond acceptors (Lipinski definition) is 5. The number of nitrogens with one attached hydrogen (secondary N) is 1. The Balaban J connectivity index is 2.10. The number of piperidine rings is 1. The predicted octanol–water partition coefficient (Wildman–Crippen LogP) is 1.44. The Bertz CT molecular complexity index is 375. The minimum Gasteiger partial charge on any atom is -0.381 e. The van der Waals surface area contributed by atoms with Gasteiger partial charge in [0.05, 0.1) is 6.10 Å². The molecule has 0 radical (unpaired) electrons. The number of methoxy groups -OCH3 is 1. The predicted molar refractivity (Wildman–Crippen MR) is 68.6 cm³/mol. The van der Waals surface area contributed by atoms with E-state index in [1.165, 1.54) is 0 Å². The molecule has 0 aromatic carbocycles. The third-order valence-electron chi connectivity index (χ3n) is 3.18. The van der Waals surface area contributed by atoms with Gasteiger partial charge in [0.25, 0.3) is 0 Å². The molecule has 94 valence electrons. The fraction of sp³-hybridized carbons (Fsp3) is 0.667. The van der Waals surface area contributed by atoms with E-state index in [-0.39, 0.29) is 0 Å². The van der Waals surface area contributed by atoms with Gasteiger partial charge in [0, 0.05) is 33.3 Å². The smallest absolute Gasteiger partial charge is 0.134 e. The van der Waals surface area contributed by atoms with Crippen molar-refractivity contribution in [3.05, 3.63) is 11.9 Å². The Morgan fingerprint density at radius 2 is 2.06 bits per heavy atom. The van der Waals surface area contributed by atoms with E-state index in [2.05, 4.69) is 20.2 Å².